The minimum Gasteiger partial charge on any atom is -0.368 e. The second-order valence-electron chi connectivity index (χ2n) is 7.66. The Bertz CT molecular complexity index is 1240. The van der Waals surface area contributed by atoms with E-state index in [9.17, 15) is 27.6 Å². The van der Waals surface area contributed by atoms with Gasteiger partial charge in [-0.15, -0.1) is 11.3 Å². The number of nitrogens with one attached hydrogen (secondary N) is 1. The van der Waals surface area contributed by atoms with Crippen molar-refractivity contribution < 1.29 is 22.8 Å². The first kappa shape index (κ1) is 26.5. The number of amides is 2. The number of rotatable bonds is 6. The standard InChI is InChI=1S/C12H14ClF2N3O2S.C11H8FNO/c13-9-2-1-8(21-9)12(20)17-6-3-7(11(16)19)18(4-6)5-10(14)15;12-9-4-3-5-10(8-9)13-7-2-1-6-11(13)14/h1-2,6-7,10H,3-5H2,(H2,16,19)(H,17,20);1-8H/t6-,7-;/m0./s1. The second-order valence-corrected chi connectivity index (χ2v) is 9.38. The number of carbonyl (C=O) groups excluding carboxylic acids is 2. The van der Waals surface area contributed by atoms with Crippen LogP contribution in [0.15, 0.2) is 65.6 Å². The summed E-state index contributed by atoms with van der Waals surface area (Å²) in [5, 5.41) is 2.72. The number of carbonyl (C=O) groups is 2. The van der Waals surface area contributed by atoms with Crippen LogP contribution in [-0.2, 0) is 4.79 Å². The quantitative estimate of drug-likeness (QED) is 0.515. The fourth-order valence-electron chi connectivity index (χ4n) is 3.64. The van der Waals surface area contributed by atoms with E-state index >= 15 is 0 Å². The van der Waals surface area contributed by atoms with Crippen molar-refractivity contribution in [2.24, 2.45) is 5.73 Å². The SMILES string of the molecule is NC(=O)[C@@H]1C[C@H](NC(=O)c2ccc(Cl)s2)CN1CC(F)F.O=c1ccccn1-c1cccc(F)c1. The van der Waals surface area contributed by atoms with E-state index in [-0.39, 0.29) is 30.2 Å². The van der Waals surface area contributed by atoms with E-state index in [2.05, 4.69) is 5.32 Å². The summed E-state index contributed by atoms with van der Waals surface area (Å²) in [7, 11) is 0. The van der Waals surface area contributed by atoms with Crippen LogP contribution >= 0.6 is 22.9 Å². The zero-order chi connectivity index (χ0) is 25.5. The number of hydrogen-bond donors (Lipinski definition) is 2. The van der Waals surface area contributed by atoms with Crippen LogP contribution in [0.1, 0.15) is 16.1 Å². The summed E-state index contributed by atoms with van der Waals surface area (Å²) in [5.41, 5.74) is 5.59. The summed E-state index contributed by atoms with van der Waals surface area (Å²) < 4.78 is 39.7. The molecule has 7 nitrogen and oxygen atoms in total. The maximum Gasteiger partial charge on any atom is 0.261 e. The van der Waals surface area contributed by atoms with E-state index < -0.39 is 31.0 Å². The number of likely N-dealkylation sites (tertiary alicyclic amines) is 1. The maximum atomic E-state index is 12.9. The molecule has 2 amide bonds. The summed E-state index contributed by atoms with van der Waals surface area (Å²) in [4.78, 5) is 36.4. The predicted octanol–water partition coefficient (Wildman–Crippen LogP) is 3.30. The molecular weight excluding hydrogens is 505 g/mol. The molecule has 1 fully saturated rings. The highest BCUT2D eigenvalue weighted by molar-refractivity contribution is 7.18. The average Bonchev–Trinajstić information content (AvgIpc) is 3.40. The lowest BCUT2D eigenvalue weighted by molar-refractivity contribution is -0.122. The number of nitrogens with two attached hydrogens (primary N) is 1. The molecule has 35 heavy (non-hydrogen) atoms. The molecule has 0 spiro atoms. The van der Waals surface area contributed by atoms with Gasteiger partial charge in [0.15, 0.2) is 0 Å². The molecule has 4 rings (SSSR count). The Morgan fingerprint density at radius 1 is 1.17 bits per heavy atom. The highest BCUT2D eigenvalue weighted by Crippen LogP contribution is 2.23. The van der Waals surface area contributed by atoms with E-state index in [1.807, 2.05) is 0 Å². The van der Waals surface area contributed by atoms with Gasteiger partial charge in [-0.25, -0.2) is 13.2 Å². The number of aromatic nitrogens is 1. The molecule has 3 N–H and O–H groups in total. The number of benzene rings is 1. The van der Waals surface area contributed by atoms with Gasteiger partial charge < -0.3 is 11.1 Å². The molecule has 186 valence electrons. The molecule has 2 aromatic heterocycles. The van der Waals surface area contributed by atoms with Crippen molar-refractivity contribution in [2.45, 2.75) is 24.9 Å². The number of pyridine rings is 1. The highest BCUT2D eigenvalue weighted by Gasteiger charge is 2.37. The first-order valence-corrected chi connectivity index (χ1v) is 11.6. The molecule has 0 unspecified atom stereocenters. The van der Waals surface area contributed by atoms with Crippen molar-refractivity contribution >= 4 is 34.8 Å². The van der Waals surface area contributed by atoms with Gasteiger partial charge in [-0.2, -0.15) is 0 Å². The molecule has 0 radical (unpaired) electrons. The Kier molecular flexibility index (Phi) is 9.07. The minimum absolute atomic E-state index is 0.168. The van der Waals surface area contributed by atoms with Crippen molar-refractivity contribution in [3.8, 4) is 5.69 Å². The molecule has 0 bridgehead atoms. The van der Waals surface area contributed by atoms with Crippen LogP contribution in [0.3, 0.4) is 0 Å². The maximum absolute atomic E-state index is 12.9. The lowest BCUT2D eigenvalue weighted by atomic mass is 10.1. The second kappa shape index (κ2) is 12.0. The number of thiophene rings is 1. The zero-order valence-electron chi connectivity index (χ0n) is 18.2. The predicted molar refractivity (Wildman–Crippen MR) is 128 cm³/mol. The molecular formula is C23H22ClF3N4O3S. The smallest absolute Gasteiger partial charge is 0.261 e. The van der Waals surface area contributed by atoms with Gasteiger partial charge in [0.2, 0.25) is 5.91 Å². The van der Waals surface area contributed by atoms with Crippen molar-refractivity contribution in [3.05, 3.63) is 86.2 Å². The van der Waals surface area contributed by atoms with E-state index in [0.717, 1.165) is 11.3 Å². The van der Waals surface area contributed by atoms with Gasteiger partial charge in [-0.05, 0) is 42.8 Å². The first-order valence-electron chi connectivity index (χ1n) is 10.5. The van der Waals surface area contributed by atoms with Crippen LogP contribution in [0, 0.1) is 5.82 Å². The Labute approximate surface area is 207 Å². The molecule has 3 heterocycles. The van der Waals surface area contributed by atoms with Crippen molar-refractivity contribution in [1.29, 1.82) is 0 Å². The summed E-state index contributed by atoms with van der Waals surface area (Å²) in [6, 6.07) is 12.7. The number of hydrogen-bond acceptors (Lipinski definition) is 5. The van der Waals surface area contributed by atoms with E-state index in [4.69, 9.17) is 17.3 Å². The first-order chi connectivity index (χ1) is 16.6. The average molecular weight is 527 g/mol. The normalized spacial score (nSPS) is 17.6. The van der Waals surface area contributed by atoms with E-state index in [0.29, 0.717) is 14.9 Å². The minimum atomic E-state index is -2.56. The zero-order valence-corrected chi connectivity index (χ0v) is 19.8. The van der Waals surface area contributed by atoms with Gasteiger partial charge in [-0.3, -0.25) is 23.9 Å². The van der Waals surface area contributed by atoms with Gasteiger partial charge in [0.1, 0.15) is 5.82 Å². The Hall–Kier alpha value is -3.15. The van der Waals surface area contributed by atoms with Gasteiger partial charge >= 0.3 is 0 Å². The number of halogens is 4. The fourth-order valence-corrected chi connectivity index (χ4v) is 4.59. The molecule has 2 atom stereocenters. The summed E-state index contributed by atoms with van der Waals surface area (Å²) in [5.74, 6) is -1.34. The Morgan fingerprint density at radius 2 is 1.94 bits per heavy atom. The lowest BCUT2D eigenvalue weighted by Gasteiger charge is -2.20. The summed E-state index contributed by atoms with van der Waals surface area (Å²) in [6.45, 7) is -0.367. The van der Waals surface area contributed by atoms with E-state index in [1.165, 1.54) is 27.7 Å². The molecule has 0 saturated carbocycles. The number of primary amides is 1. The fraction of sp³-hybridized carbons (Fsp3) is 0.261. The van der Waals surface area contributed by atoms with Crippen molar-refractivity contribution in [3.63, 3.8) is 0 Å². The molecule has 1 aliphatic heterocycles. The molecule has 0 aliphatic carbocycles. The molecule has 1 aromatic carbocycles. The van der Waals surface area contributed by atoms with Gasteiger partial charge in [0, 0.05) is 24.8 Å². The van der Waals surface area contributed by atoms with Crippen LogP contribution in [-0.4, -0.2) is 52.9 Å². The third-order valence-corrected chi connectivity index (χ3v) is 6.38. The third-order valence-electron chi connectivity index (χ3n) is 5.15. The van der Waals surface area contributed by atoms with Gasteiger partial charge in [0.25, 0.3) is 17.9 Å². The van der Waals surface area contributed by atoms with Crippen LogP contribution in [0.25, 0.3) is 5.69 Å². The molecule has 1 saturated heterocycles. The number of nitrogens with zero attached hydrogens (tertiary/aromatic N) is 2. The van der Waals surface area contributed by atoms with Crippen LogP contribution in [0.4, 0.5) is 13.2 Å². The third kappa shape index (κ3) is 7.41. The lowest BCUT2D eigenvalue weighted by Crippen LogP contribution is -2.42. The summed E-state index contributed by atoms with van der Waals surface area (Å²) >= 11 is 6.88. The topological polar surface area (TPSA) is 97.4 Å². The molecule has 3 aromatic rings. The van der Waals surface area contributed by atoms with Crippen LogP contribution in [0.5, 0.6) is 0 Å². The highest BCUT2D eigenvalue weighted by atomic mass is 35.5. The van der Waals surface area contributed by atoms with Gasteiger partial charge in [-0.1, -0.05) is 23.7 Å². The van der Waals surface area contributed by atoms with Crippen molar-refractivity contribution in [1.82, 2.24) is 14.8 Å². The molecule has 12 heteroatoms. The van der Waals surface area contributed by atoms with Crippen molar-refractivity contribution in [2.75, 3.05) is 13.1 Å². The van der Waals surface area contributed by atoms with E-state index in [1.54, 1.807) is 42.6 Å². The Balaban J connectivity index is 0.000000211. The molecule has 1 aliphatic rings. The number of alkyl halides is 2. The monoisotopic (exact) mass is 526 g/mol. The van der Waals surface area contributed by atoms with Crippen LogP contribution in [0.2, 0.25) is 4.34 Å². The largest absolute Gasteiger partial charge is 0.368 e. The Morgan fingerprint density at radius 3 is 2.54 bits per heavy atom. The van der Waals surface area contributed by atoms with Gasteiger partial charge in [0.05, 0.1) is 27.5 Å². The summed E-state index contributed by atoms with van der Waals surface area (Å²) in [6.07, 6.45) is -0.721. The van der Waals surface area contributed by atoms with Crippen LogP contribution < -0.4 is 16.6 Å².